The van der Waals surface area contributed by atoms with E-state index in [1.807, 2.05) is 30.3 Å². The zero-order valence-corrected chi connectivity index (χ0v) is 14.6. The number of hydrogen-bond acceptors (Lipinski definition) is 5. The zero-order valence-electron chi connectivity index (χ0n) is 13.6. The molecule has 0 bridgehead atoms. The molecular weight excluding hydrogens is 286 g/mol. The highest BCUT2D eigenvalue weighted by Crippen LogP contribution is 2.15. The van der Waals surface area contributed by atoms with E-state index >= 15 is 0 Å². The van der Waals surface area contributed by atoms with Crippen LogP contribution in [0.5, 0.6) is 0 Å². The summed E-state index contributed by atoms with van der Waals surface area (Å²) in [6.07, 6.45) is 0.955. The molecule has 0 aliphatic rings. The van der Waals surface area contributed by atoms with Crippen LogP contribution >= 0.6 is 0 Å². The van der Waals surface area contributed by atoms with E-state index in [0.29, 0.717) is 0 Å². The highest BCUT2D eigenvalue weighted by Gasteiger charge is 2.36. The van der Waals surface area contributed by atoms with E-state index in [4.69, 9.17) is 13.3 Å². The highest BCUT2D eigenvalue weighted by atomic mass is 28.4. The lowest BCUT2D eigenvalue weighted by Crippen LogP contribution is -2.42. The Bertz CT molecular complexity index is 370. The summed E-state index contributed by atoms with van der Waals surface area (Å²) in [6, 6.07) is 10.9. The van der Waals surface area contributed by atoms with Crippen molar-refractivity contribution >= 4 is 20.3 Å². The molecule has 1 aromatic carbocycles. The normalized spacial score (nSPS) is 10.5. The monoisotopic (exact) mass is 313 g/mol. The highest BCUT2D eigenvalue weighted by molar-refractivity contribution is 6.60. The van der Waals surface area contributed by atoms with Crippen LogP contribution in [-0.2, 0) is 18.1 Å². The molecule has 1 aromatic rings. The van der Waals surface area contributed by atoms with Crippen molar-refractivity contribution in [1.29, 1.82) is 0 Å². The van der Waals surface area contributed by atoms with Crippen molar-refractivity contribution in [3.8, 4) is 0 Å². The molecule has 0 saturated carbocycles. The van der Waals surface area contributed by atoms with Gasteiger partial charge in [0.25, 0.3) is 0 Å². The standard InChI is InChI=1S/C12H21NO3Si.C3H6O/c1-14-17(15-2,16-3)11-7-10-13-12-8-5-4-6-9-12;1-3(2)4/h4-6,8-9,13H,7,10-11H2,1-3H3;1-2H3. The first-order chi connectivity index (χ1) is 9.99. The topological polar surface area (TPSA) is 56.8 Å². The Morgan fingerprint density at radius 3 is 1.95 bits per heavy atom. The number of nitrogens with one attached hydrogen (secondary N) is 1. The minimum Gasteiger partial charge on any atom is -0.385 e. The molecule has 5 nitrogen and oxygen atoms in total. The molecule has 0 saturated heterocycles. The zero-order chi connectivity index (χ0) is 16.1. The second kappa shape index (κ2) is 11.4. The van der Waals surface area contributed by atoms with Crippen molar-refractivity contribution in [3.05, 3.63) is 30.3 Å². The molecule has 1 N–H and O–H groups in total. The van der Waals surface area contributed by atoms with E-state index < -0.39 is 8.80 Å². The third-order valence-electron chi connectivity index (χ3n) is 2.70. The van der Waals surface area contributed by atoms with Gasteiger partial charge < -0.3 is 23.4 Å². The average Bonchev–Trinajstić information content (AvgIpc) is 2.49. The predicted octanol–water partition coefficient (Wildman–Crippen LogP) is 2.96. The number of benzene rings is 1. The smallest absolute Gasteiger partial charge is 0.385 e. The molecule has 0 fully saturated rings. The summed E-state index contributed by atoms with van der Waals surface area (Å²) in [5, 5.41) is 3.35. The SMILES string of the molecule is CC(C)=O.CO[Si](CCCNc1ccccc1)(OC)OC. The first-order valence-corrected chi connectivity index (χ1v) is 8.84. The van der Waals surface area contributed by atoms with E-state index in [-0.39, 0.29) is 5.78 Å². The van der Waals surface area contributed by atoms with Gasteiger partial charge in [0.05, 0.1) is 0 Å². The van der Waals surface area contributed by atoms with Gasteiger partial charge >= 0.3 is 8.80 Å². The van der Waals surface area contributed by atoms with Gasteiger partial charge in [0.15, 0.2) is 0 Å². The molecule has 0 atom stereocenters. The molecule has 6 heteroatoms. The number of anilines is 1. The van der Waals surface area contributed by atoms with Crippen LogP contribution in [0.3, 0.4) is 0 Å². The minimum absolute atomic E-state index is 0.167. The second-order valence-electron chi connectivity index (χ2n) is 4.60. The van der Waals surface area contributed by atoms with Gasteiger partial charge in [-0.15, -0.1) is 0 Å². The van der Waals surface area contributed by atoms with Gasteiger partial charge in [0.2, 0.25) is 0 Å². The van der Waals surface area contributed by atoms with Gasteiger partial charge in [-0.2, -0.15) is 0 Å². The van der Waals surface area contributed by atoms with Gasteiger partial charge in [-0.05, 0) is 32.4 Å². The Balaban J connectivity index is 0.000000885. The fraction of sp³-hybridized carbons (Fsp3) is 0.533. The number of rotatable bonds is 8. The molecule has 0 aromatic heterocycles. The van der Waals surface area contributed by atoms with Gasteiger partial charge in [0.1, 0.15) is 5.78 Å². The van der Waals surface area contributed by atoms with Crippen molar-refractivity contribution < 1.29 is 18.1 Å². The number of carbonyl (C=O) groups is 1. The van der Waals surface area contributed by atoms with E-state index in [2.05, 4.69) is 5.32 Å². The van der Waals surface area contributed by atoms with E-state index in [1.165, 1.54) is 13.8 Å². The maximum absolute atomic E-state index is 9.44. The second-order valence-corrected chi connectivity index (χ2v) is 7.69. The number of para-hydroxylation sites is 1. The van der Waals surface area contributed by atoms with Gasteiger partial charge in [-0.3, -0.25) is 0 Å². The molecule has 120 valence electrons. The number of Topliss-reactive ketones (excluding diaryl/α,β-unsaturated/α-hetero) is 1. The molecule has 0 aliphatic heterocycles. The number of carbonyl (C=O) groups excluding carboxylic acids is 1. The molecule has 0 amide bonds. The Hall–Kier alpha value is -1.21. The van der Waals surface area contributed by atoms with Gasteiger partial charge in [0, 0.05) is 39.6 Å². The lowest BCUT2D eigenvalue weighted by atomic mass is 10.3. The molecule has 0 spiro atoms. The largest absolute Gasteiger partial charge is 0.500 e. The molecule has 0 heterocycles. The lowest BCUT2D eigenvalue weighted by Gasteiger charge is -2.24. The molecule has 1 rings (SSSR count). The van der Waals surface area contributed by atoms with Crippen LogP contribution in [0.15, 0.2) is 30.3 Å². The average molecular weight is 313 g/mol. The summed E-state index contributed by atoms with van der Waals surface area (Å²) in [7, 11) is 2.53. The van der Waals surface area contributed by atoms with Gasteiger partial charge in [-0.1, -0.05) is 18.2 Å². The first kappa shape index (κ1) is 19.8. The predicted molar refractivity (Wildman–Crippen MR) is 87.5 cm³/mol. The third kappa shape index (κ3) is 9.36. The Morgan fingerprint density at radius 2 is 1.52 bits per heavy atom. The van der Waals surface area contributed by atoms with E-state index in [9.17, 15) is 4.79 Å². The summed E-state index contributed by atoms with van der Waals surface area (Å²) in [4.78, 5) is 9.44. The van der Waals surface area contributed by atoms with Crippen LogP contribution in [0.4, 0.5) is 5.69 Å². The quantitative estimate of drug-likeness (QED) is 0.590. The fourth-order valence-corrected chi connectivity index (χ4v) is 3.37. The third-order valence-corrected chi connectivity index (χ3v) is 5.53. The van der Waals surface area contributed by atoms with Crippen LogP contribution < -0.4 is 5.32 Å². The number of hydrogen-bond donors (Lipinski definition) is 1. The Morgan fingerprint density at radius 1 is 1.05 bits per heavy atom. The summed E-state index contributed by atoms with van der Waals surface area (Å²) in [5.74, 6) is 0.167. The summed E-state index contributed by atoms with van der Waals surface area (Å²) < 4.78 is 16.1. The van der Waals surface area contributed by atoms with Crippen LogP contribution in [0.25, 0.3) is 0 Å². The van der Waals surface area contributed by atoms with Crippen LogP contribution in [-0.4, -0.2) is 42.5 Å². The Labute approximate surface area is 129 Å². The number of ketones is 1. The molecule has 0 radical (unpaired) electrons. The van der Waals surface area contributed by atoms with Crippen molar-refractivity contribution in [2.45, 2.75) is 26.3 Å². The van der Waals surface area contributed by atoms with Crippen molar-refractivity contribution in [2.24, 2.45) is 0 Å². The molecule has 21 heavy (non-hydrogen) atoms. The van der Waals surface area contributed by atoms with Crippen LogP contribution in [0, 0.1) is 0 Å². The maximum atomic E-state index is 9.44. The van der Waals surface area contributed by atoms with E-state index in [0.717, 1.165) is 24.7 Å². The summed E-state index contributed by atoms with van der Waals surface area (Å²) >= 11 is 0. The maximum Gasteiger partial charge on any atom is 0.500 e. The molecule has 0 aliphatic carbocycles. The van der Waals surface area contributed by atoms with Gasteiger partial charge in [-0.25, -0.2) is 0 Å². The fourth-order valence-electron chi connectivity index (χ4n) is 1.65. The van der Waals surface area contributed by atoms with Crippen molar-refractivity contribution in [3.63, 3.8) is 0 Å². The molecule has 0 unspecified atom stereocenters. The van der Waals surface area contributed by atoms with Crippen LogP contribution in [0.1, 0.15) is 20.3 Å². The van der Waals surface area contributed by atoms with E-state index in [1.54, 1.807) is 21.3 Å². The summed E-state index contributed by atoms with van der Waals surface area (Å²) in [5.41, 5.74) is 1.13. The summed E-state index contributed by atoms with van der Waals surface area (Å²) in [6.45, 7) is 3.94. The Kier molecular flexibility index (Phi) is 10.8. The first-order valence-electron chi connectivity index (χ1n) is 6.91. The van der Waals surface area contributed by atoms with Crippen molar-refractivity contribution in [1.82, 2.24) is 0 Å². The van der Waals surface area contributed by atoms with Crippen molar-refractivity contribution in [2.75, 3.05) is 33.2 Å². The van der Waals surface area contributed by atoms with Crippen LogP contribution in [0.2, 0.25) is 6.04 Å². The minimum atomic E-state index is -2.40. The molecular formula is C15H27NO4Si. The lowest BCUT2D eigenvalue weighted by molar-refractivity contribution is -0.114.